The van der Waals surface area contributed by atoms with Gasteiger partial charge in [-0.05, 0) is 16.3 Å². The Hall–Kier alpha value is -2.48. The van der Waals surface area contributed by atoms with Crippen molar-refractivity contribution in [3.8, 4) is 17.1 Å². The molecule has 0 aliphatic carbocycles. The van der Waals surface area contributed by atoms with Gasteiger partial charge in [0.1, 0.15) is 6.20 Å². The zero-order chi connectivity index (χ0) is 15.9. The van der Waals surface area contributed by atoms with Crippen molar-refractivity contribution in [2.75, 3.05) is 0 Å². The largest absolute Gasteiger partial charge is 0.476 e. The summed E-state index contributed by atoms with van der Waals surface area (Å²) in [4.78, 5) is 14.8. The molecule has 0 saturated carbocycles. The number of alkyl halides is 3. The summed E-state index contributed by atoms with van der Waals surface area (Å²) in [5, 5.41) is 9.80. The highest BCUT2D eigenvalue weighted by molar-refractivity contribution is 7.18. The SMILES string of the molecule is O=C(c1sc2nc(-c3ccccc3)cc[n+]2c1O)C(F)(F)F. The number of carbonyl (C=O) groups excluding carboxylic acids is 1. The van der Waals surface area contributed by atoms with Crippen LogP contribution >= 0.6 is 11.3 Å². The van der Waals surface area contributed by atoms with Gasteiger partial charge in [-0.1, -0.05) is 30.3 Å². The fourth-order valence-corrected chi connectivity index (χ4v) is 2.90. The molecule has 2 aromatic heterocycles. The molecule has 0 unspecified atom stereocenters. The molecule has 112 valence electrons. The lowest BCUT2D eigenvalue weighted by molar-refractivity contribution is -0.520. The molecule has 0 bridgehead atoms. The zero-order valence-electron chi connectivity index (χ0n) is 10.8. The molecule has 0 aliphatic rings. The van der Waals surface area contributed by atoms with Crippen molar-refractivity contribution in [1.82, 2.24) is 4.98 Å². The van der Waals surface area contributed by atoms with Crippen molar-refractivity contribution in [2.45, 2.75) is 6.18 Å². The van der Waals surface area contributed by atoms with Gasteiger partial charge < -0.3 is 5.11 Å². The van der Waals surface area contributed by atoms with Gasteiger partial charge in [-0.3, -0.25) is 4.79 Å². The molecular formula is C14H8F3N2O2S+. The fourth-order valence-electron chi connectivity index (χ4n) is 1.93. The monoisotopic (exact) mass is 325 g/mol. The number of hydrogen-bond acceptors (Lipinski definition) is 4. The quantitative estimate of drug-likeness (QED) is 0.582. The summed E-state index contributed by atoms with van der Waals surface area (Å²) in [6.45, 7) is 0. The van der Waals surface area contributed by atoms with Crippen molar-refractivity contribution >= 4 is 22.1 Å². The summed E-state index contributed by atoms with van der Waals surface area (Å²) in [5.41, 5.74) is 1.31. The number of fused-ring (bicyclic) bond motifs is 1. The number of aromatic hydroxyl groups is 1. The van der Waals surface area contributed by atoms with Crippen molar-refractivity contribution in [2.24, 2.45) is 0 Å². The fraction of sp³-hybridized carbons (Fsp3) is 0.0714. The van der Waals surface area contributed by atoms with Crippen LogP contribution < -0.4 is 4.40 Å². The molecule has 22 heavy (non-hydrogen) atoms. The molecular weight excluding hydrogens is 317 g/mol. The smallest absolute Gasteiger partial charge is 0.456 e. The second kappa shape index (κ2) is 5.06. The molecule has 2 heterocycles. The van der Waals surface area contributed by atoms with Crippen LogP contribution in [0.15, 0.2) is 42.6 Å². The number of nitrogens with zero attached hydrogens (tertiary/aromatic N) is 2. The molecule has 3 aromatic rings. The topological polar surface area (TPSA) is 54.3 Å². The number of halogens is 3. The van der Waals surface area contributed by atoms with Gasteiger partial charge in [0, 0.05) is 11.6 Å². The lowest BCUT2D eigenvalue weighted by atomic mass is 10.1. The summed E-state index contributed by atoms with van der Waals surface area (Å²) in [5.74, 6) is -2.84. The van der Waals surface area contributed by atoms with E-state index < -0.39 is 22.7 Å². The van der Waals surface area contributed by atoms with Crippen LogP contribution in [0.2, 0.25) is 0 Å². The average Bonchev–Trinajstić information content (AvgIpc) is 2.83. The molecule has 0 radical (unpaired) electrons. The summed E-state index contributed by atoms with van der Waals surface area (Å²) in [6, 6.07) is 10.6. The molecule has 0 saturated heterocycles. The number of rotatable bonds is 2. The van der Waals surface area contributed by atoms with Gasteiger partial charge >= 0.3 is 17.0 Å². The van der Waals surface area contributed by atoms with Crippen LogP contribution in [0.25, 0.3) is 16.2 Å². The molecule has 0 fully saturated rings. The van der Waals surface area contributed by atoms with Gasteiger partial charge in [0.2, 0.25) is 0 Å². The maximum absolute atomic E-state index is 12.5. The van der Waals surface area contributed by atoms with E-state index in [4.69, 9.17) is 0 Å². The summed E-state index contributed by atoms with van der Waals surface area (Å²) >= 11 is 0.500. The maximum atomic E-state index is 12.5. The molecule has 1 N–H and O–H groups in total. The predicted octanol–water partition coefficient (Wildman–Crippen LogP) is 3.00. The third kappa shape index (κ3) is 2.41. The van der Waals surface area contributed by atoms with E-state index in [1.54, 1.807) is 30.3 Å². The van der Waals surface area contributed by atoms with Gasteiger partial charge in [-0.15, -0.1) is 0 Å². The average molecular weight is 325 g/mol. The molecule has 3 rings (SSSR count). The standard InChI is InChI=1S/C14H7F3N2O2S/c15-14(16,17)11(20)10-12(21)19-7-6-9(18-13(19)22-10)8-4-2-1-3-5-8/h1-7H/p+1. The predicted molar refractivity (Wildman–Crippen MR) is 72.8 cm³/mol. The molecule has 8 heteroatoms. The zero-order valence-corrected chi connectivity index (χ0v) is 11.6. The van der Waals surface area contributed by atoms with Gasteiger partial charge in [0.15, 0.2) is 10.6 Å². The van der Waals surface area contributed by atoms with Crippen LogP contribution in [0.4, 0.5) is 13.2 Å². The van der Waals surface area contributed by atoms with E-state index >= 15 is 0 Å². The number of ketones is 1. The first-order chi connectivity index (χ1) is 10.4. The van der Waals surface area contributed by atoms with E-state index in [1.807, 2.05) is 6.07 Å². The van der Waals surface area contributed by atoms with Crippen LogP contribution in [0.1, 0.15) is 9.67 Å². The molecule has 0 aliphatic heterocycles. The minimum atomic E-state index is -5.04. The van der Waals surface area contributed by atoms with Gasteiger partial charge in [0.05, 0.1) is 0 Å². The second-order valence-corrected chi connectivity index (χ2v) is 5.39. The van der Waals surface area contributed by atoms with E-state index in [-0.39, 0.29) is 4.96 Å². The lowest BCUT2D eigenvalue weighted by Crippen LogP contribution is -2.24. The van der Waals surface area contributed by atoms with Crippen molar-refractivity contribution in [3.05, 3.63) is 47.5 Å². The molecule has 0 atom stereocenters. The normalized spacial score (nSPS) is 11.8. The first kappa shape index (κ1) is 14.5. The third-order valence-corrected chi connectivity index (χ3v) is 4.00. The lowest BCUT2D eigenvalue weighted by Gasteiger charge is -2.00. The highest BCUT2D eigenvalue weighted by Gasteiger charge is 2.44. The van der Waals surface area contributed by atoms with E-state index in [0.29, 0.717) is 17.0 Å². The Bertz CT molecular complexity index is 860. The van der Waals surface area contributed by atoms with Crippen molar-refractivity contribution < 1.29 is 27.5 Å². The molecule has 0 amide bonds. The molecule has 1 aromatic carbocycles. The van der Waals surface area contributed by atoms with Gasteiger partial charge in [0.25, 0.3) is 5.78 Å². The number of Topliss-reactive ketones (excluding diaryl/α,β-unsaturated/α-hetero) is 1. The summed E-state index contributed by atoms with van der Waals surface area (Å²) in [6.07, 6.45) is -3.66. The highest BCUT2D eigenvalue weighted by atomic mass is 32.1. The van der Waals surface area contributed by atoms with Crippen molar-refractivity contribution in [3.63, 3.8) is 0 Å². The first-order valence-electron chi connectivity index (χ1n) is 6.09. The summed E-state index contributed by atoms with van der Waals surface area (Å²) < 4.78 is 38.6. The van der Waals surface area contributed by atoms with Gasteiger partial charge in [-0.25, -0.2) is 0 Å². The maximum Gasteiger partial charge on any atom is 0.456 e. The van der Waals surface area contributed by atoms with Crippen LogP contribution in [-0.4, -0.2) is 22.1 Å². The minimum absolute atomic E-state index is 0.103. The first-order valence-corrected chi connectivity index (χ1v) is 6.90. The number of carbonyl (C=O) groups is 1. The van der Waals surface area contributed by atoms with Crippen LogP contribution in [0.5, 0.6) is 5.88 Å². The number of aromatic nitrogens is 2. The number of hydrogen-bond donors (Lipinski definition) is 1. The van der Waals surface area contributed by atoms with E-state index in [9.17, 15) is 23.1 Å². The van der Waals surface area contributed by atoms with Crippen LogP contribution in [0, 0.1) is 0 Å². The van der Waals surface area contributed by atoms with Crippen LogP contribution in [0.3, 0.4) is 0 Å². The Balaban J connectivity index is 2.13. The molecule has 4 nitrogen and oxygen atoms in total. The third-order valence-electron chi connectivity index (χ3n) is 2.96. The number of thiazole rings is 1. The number of benzene rings is 1. The van der Waals surface area contributed by atoms with E-state index in [1.165, 1.54) is 6.20 Å². The van der Waals surface area contributed by atoms with Gasteiger partial charge in [-0.2, -0.15) is 17.6 Å². The second-order valence-electron chi connectivity index (χ2n) is 4.41. The molecule has 0 spiro atoms. The minimum Gasteiger partial charge on any atom is -0.476 e. The Labute approximate surface area is 126 Å². The Morgan fingerprint density at radius 3 is 2.50 bits per heavy atom. The Morgan fingerprint density at radius 2 is 1.86 bits per heavy atom. The van der Waals surface area contributed by atoms with E-state index in [2.05, 4.69) is 4.98 Å². The summed E-state index contributed by atoms with van der Waals surface area (Å²) in [7, 11) is 0. The Kier molecular flexibility index (Phi) is 3.32. The van der Waals surface area contributed by atoms with Crippen molar-refractivity contribution in [1.29, 1.82) is 0 Å². The Morgan fingerprint density at radius 1 is 1.18 bits per heavy atom. The van der Waals surface area contributed by atoms with E-state index in [0.717, 1.165) is 9.96 Å². The highest BCUT2D eigenvalue weighted by Crippen LogP contribution is 2.30. The van der Waals surface area contributed by atoms with Crippen LogP contribution in [-0.2, 0) is 0 Å².